The summed E-state index contributed by atoms with van der Waals surface area (Å²) in [5.41, 5.74) is -0.207. The molecule has 0 radical (unpaired) electrons. The van der Waals surface area contributed by atoms with Crippen molar-refractivity contribution in [1.82, 2.24) is 21.3 Å². The molecule has 1 saturated carbocycles. The average molecular weight is 345 g/mol. The molecule has 2 unspecified atom stereocenters. The normalized spacial score (nSPS) is 33.3. The molecule has 22 heavy (non-hydrogen) atoms. The summed E-state index contributed by atoms with van der Waals surface area (Å²) >= 11 is 5.93. The molecule has 1 aliphatic carbocycles. The fourth-order valence-electron chi connectivity index (χ4n) is 2.64. The van der Waals surface area contributed by atoms with Crippen molar-refractivity contribution in [2.45, 2.75) is 62.4 Å². The van der Waals surface area contributed by atoms with Crippen LogP contribution in [0.2, 0.25) is 0 Å². The molecule has 4 N–H and O–H groups in total. The van der Waals surface area contributed by atoms with E-state index in [0.29, 0.717) is 19.4 Å². The molecule has 0 aromatic carbocycles. The maximum Gasteiger partial charge on any atom is 0.522 e. The number of urea groups is 1. The van der Waals surface area contributed by atoms with Crippen LogP contribution in [0.25, 0.3) is 0 Å². The van der Waals surface area contributed by atoms with Gasteiger partial charge in [0, 0.05) is 12.6 Å². The number of nitrogens with one attached hydrogen (secondary N) is 4. The molecule has 2 aliphatic rings. The Balaban J connectivity index is 1.66. The zero-order valence-corrected chi connectivity index (χ0v) is 12.6. The van der Waals surface area contributed by atoms with Crippen molar-refractivity contribution in [3.8, 4) is 0 Å². The predicted octanol–water partition coefficient (Wildman–Crippen LogP) is 1.56. The van der Waals surface area contributed by atoms with Crippen molar-refractivity contribution < 1.29 is 22.7 Å². The number of rotatable bonds is 3. The molecule has 10 heteroatoms. The molecule has 1 saturated heterocycles. The van der Waals surface area contributed by atoms with E-state index in [9.17, 15) is 18.0 Å². The van der Waals surface area contributed by atoms with Crippen LogP contribution in [0.5, 0.6) is 0 Å². The maximum atomic E-state index is 12.1. The number of amides is 2. The van der Waals surface area contributed by atoms with Crippen LogP contribution in [0, 0.1) is 0 Å². The molecule has 0 spiro atoms. The Bertz CT molecular complexity index is 378. The molecule has 2 atom stereocenters. The summed E-state index contributed by atoms with van der Waals surface area (Å²) in [4.78, 5) is 11.8. The Labute approximate surface area is 131 Å². The van der Waals surface area contributed by atoms with Gasteiger partial charge in [-0.05, 0) is 32.1 Å². The Hall–Kier alpha value is -0.770. The van der Waals surface area contributed by atoms with Gasteiger partial charge in [0.05, 0.1) is 11.6 Å². The van der Waals surface area contributed by atoms with Gasteiger partial charge in [0.25, 0.3) is 0 Å². The van der Waals surface area contributed by atoms with E-state index in [2.05, 4.69) is 26.0 Å². The molecule has 128 valence electrons. The van der Waals surface area contributed by atoms with Gasteiger partial charge in [-0.1, -0.05) is 0 Å². The highest BCUT2D eigenvalue weighted by atomic mass is 35.5. The SMILES string of the molecule is O=C(NC1CCC(OC(F)(F)F)CC1)NC1NCCC(Cl)N1. The van der Waals surface area contributed by atoms with Crippen LogP contribution in [0.15, 0.2) is 0 Å². The Morgan fingerprint density at radius 2 is 1.82 bits per heavy atom. The zero-order valence-electron chi connectivity index (χ0n) is 11.9. The number of ether oxygens (including phenoxy) is 1. The van der Waals surface area contributed by atoms with E-state index in [1.807, 2.05) is 0 Å². The Morgan fingerprint density at radius 3 is 2.41 bits per heavy atom. The van der Waals surface area contributed by atoms with Gasteiger partial charge < -0.3 is 10.6 Å². The number of hydrogen-bond donors (Lipinski definition) is 4. The molecule has 2 amide bonds. The third kappa shape index (κ3) is 6.15. The van der Waals surface area contributed by atoms with Crippen LogP contribution in [0.3, 0.4) is 0 Å². The fourth-order valence-corrected chi connectivity index (χ4v) is 2.88. The first-order valence-corrected chi connectivity index (χ1v) is 7.70. The highest BCUT2D eigenvalue weighted by molar-refractivity contribution is 6.20. The monoisotopic (exact) mass is 344 g/mol. The van der Waals surface area contributed by atoms with Gasteiger partial charge >= 0.3 is 12.4 Å². The van der Waals surface area contributed by atoms with Crippen LogP contribution < -0.4 is 21.3 Å². The summed E-state index contributed by atoms with van der Waals surface area (Å²) < 4.78 is 40.3. The summed E-state index contributed by atoms with van der Waals surface area (Å²) in [6.45, 7) is 0.687. The van der Waals surface area contributed by atoms with Gasteiger partial charge in [0.1, 0.15) is 6.29 Å². The minimum atomic E-state index is -4.60. The first kappa shape index (κ1) is 17.6. The summed E-state index contributed by atoms with van der Waals surface area (Å²) in [7, 11) is 0. The summed E-state index contributed by atoms with van der Waals surface area (Å²) in [6, 6.07) is -0.528. The van der Waals surface area contributed by atoms with E-state index in [1.54, 1.807) is 0 Å². The molecule has 2 rings (SSSR count). The predicted molar refractivity (Wildman–Crippen MR) is 74.0 cm³/mol. The summed E-state index contributed by atoms with van der Waals surface area (Å²) in [6.07, 6.45) is -3.62. The fraction of sp³-hybridized carbons (Fsp3) is 0.917. The second-order valence-electron chi connectivity index (χ2n) is 5.47. The summed E-state index contributed by atoms with van der Waals surface area (Å²) in [5, 5.41) is 11.4. The van der Waals surface area contributed by atoms with Gasteiger partial charge in [-0.15, -0.1) is 24.8 Å². The lowest BCUT2D eigenvalue weighted by Gasteiger charge is -2.32. The van der Waals surface area contributed by atoms with Crippen molar-refractivity contribution >= 4 is 17.6 Å². The highest BCUT2D eigenvalue weighted by Gasteiger charge is 2.35. The molecule has 1 aliphatic heterocycles. The molecular weight excluding hydrogens is 325 g/mol. The van der Waals surface area contributed by atoms with E-state index in [4.69, 9.17) is 11.6 Å². The number of carbonyl (C=O) groups excluding carboxylic acids is 1. The molecule has 0 bridgehead atoms. The lowest BCUT2D eigenvalue weighted by atomic mass is 9.93. The quantitative estimate of drug-likeness (QED) is 0.463. The van der Waals surface area contributed by atoms with Crippen LogP contribution in [-0.2, 0) is 4.74 Å². The number of carbonyl (C=O) groups is 1. The second kappa shape index (κ2) is 7.67. The van der Waals surface area contributed by atoms with E-state index in [-0.39, 0.29) is 30.4 Å². The van der Waals surface area contributed by atoms with Crippen molar-refractivity contribution in [3.05, 3.63) is 0 Å². The van der Waals surface area contributed by atoms with Crippen LogP contribution in [-0.4, -0.2) is 42.9 Å². The van der Waals surface area contributed by atoms with Crippen molar-refractivity contribution in [2.24, 2.45) is 0 Å². The van der Waals surface area contributed by atoms with E-state index in [0.717, 1.165) is 6.42 Å². The first-order chi connectivity index (χ1) is 10.3. The Morgan fingerprint density at radius 1 is 1.14 bits per heavy atom. The molecule has 1 heterocycles. The van der Waals surface area contributed by atoms with E-state index < -0.39 is 18.8 Å². The second-order valence-corrected chi connectivity index (χ2v) is 5.99. The smallest absolute Gasteiger partial charge is 0.335 e. The van der Waals surface area contributed by atoms with Crippen molar-refractivity contribution in [3.63, 3.8) is 0 Å². The van der Waals surface area contributed by atoms with Crippen LogP contribution in [0.4, 0.5) is 18.0 Å². The molecule has 2 fully saturated rings. The van der Waals surface area contributed by atoms with E-state index >= 15 is 0 Å². The number of halogens is 4. The van der Waals surface area contributed by atoms with Gasteiger partial charge in [0.15, 0.2) is 0 Å². The lowest BCUT2D eigenvalue weighted by Crippen LogP contribution is -2.62. The van der Waals surface area contributed by atoms with E-state index in [1.165, 1.54) is 0 Å². The standard InChI is InChI=1S/C12H20ClF3N4O2/c13-9-5-6-17-10(19-9)20-11(21)18-7-1-3-8(4-2-7)22-12(14,15)16/h7-10,17,19H,1-6H2,(H2,18,20,21). The highest BCUT2D eigenvalue weighted by Crippen LogP contribution is 2.27. The Kier molecular flexibility index (Phi) is 6.13. The molecular formula is C12H20ClF3N4O2. The van der Waals surface area contributed by atoms with Crippen LogP contribution >= 0.6 is 11.6 Å². The van der Waals surface area contributed by atoms with Gasteiger partial charge in [-0.3, -0.25) is 15.4 Å². The minimum Gasteiger partial charge on any atom is -0.335 e. The number of hydrogen-bond acceptors (Lipinski definition) is 4. The van der Waals surface area contributed by atoms with Gasteiger partial charge in [0.2, 0.25) is 0 Å². The first-order valence-electron chi connectivity index (χ1n) is 7.27. The number of alkyl halides is 4. The topological polar surface area (TPSA) is 74.4 Å². The third-order valence-corrected chi connectivity index (χ3v) is 4.02. The lowest BCUT2D eigenvalue weighted by molar-refractivity contribution is -0.345. The minimum absolute atomic E-state index is 0.150. The molecule has 0 aromatic heterocycles. The molecule has 6 nitrogen and oxygen atoms in total. The van der Waals surface area contributed by atoms with Crippen LogP contribution in [0.1, 0.15) is 32.1 Å². The largest absolute Gasteiger partial charge is 0.522 e. The van der Waals surface area contributed by atoms with Crippen molar-refractivity contribution in [2.75, 3.05) is 6.54 Å². The summed E-state index contributed by atoms with van der Waals surface area (Å²) in [5.74, 6) is 0. The third-order valence-electron chi connectivity index (χ3n) is 3.68. The average Bonchev–Trinajstić information content (AvgIpc) is 2.39. The molecule has 0 aromatic rings. The van der Waals surface area contributed by atoms with Gasteiger partial charge in [-0.2, -0.15) is 0 Å². The van der Waals surface area contributed by atoms with Gasteiger partial charge in [-0.25, -0.2) is 4.79 Å². The maximum absolute atomic E-state index is 12.1. The van der Waals surface area contributed by atoms with Crippen molar-refractivity contribution in [1.29, 1.82) is 0 Å². The zero-order chi connectivity index (χ0) is 16.2.